The van der Waals surface area contributed by atoms with Crippen LogP contribution in [-0.2, 0) is 0 Å². The number of ether oxygens (including phenoxy) is 1. The molecule has 3 aromatic heterocycles. The molecule has 0 fully saturated rings. The SMILES string of the molecule is COc1ccc(-n2nc(C(=O)N=O)cc2-c2ccccn2)nn1. The number of carbonyl (C=O) groups excluding carboxylic acids is 1. The first-order valence-electron chi connectivity index (χ1n) is 6.50. The largest absolute Gasteiger partial charge is 0.480 e. The van der Waals surface area contributed by atoms with Crippen LogP contribution >= 0.6 is 0 Å². The first-order valence-corrected chi connectivity index (χ1v) is 6.50. The Balaban J connectivity index is 2.15. The van der Waals surface area contributed by atoms with Gasteiger partial charge in [-0.05, 0) is 24.3 Å². The lowest BCUT2D eigenvalue weighted by Gasteiger charge is -2.05. The molecule has 0 aliphatic carbocycles. The van der Waals surface area contributed by atoms with Crippen LogP contribution in [0.4, 0.5) is 0 Å². The van der Waals surface area contributed by atoms with Crippen LogP contribution in [0.15, 0.2) is 47.8 Å². The molecule has 3 aromatic rings. The molecule has 0 aliphatic rings. The highest BCUT2D eigenvalue weighted by molar-refractivity contribution is 5.94. The van der Waals surface area contributed by atoms with Gasteiger partial charge in [0.05, 0.1) is 18.5 Å². The molecule has 0 bridgehead atoms. The fraction of sp³-hybridized carbons (Fsp3) is 0.0714. The summed E-state index contributed by atoms with van der Waals surface area (Å²) >= 11 is 0. The molecule has 3 heterocycles. The molecule has 0 saturated heterocycles. The van der Waals surface area contributed by atoms with Gasteiger partial charge in [-0.2, -0.15) is 5.10 Å². The predicted octanol–water partition coefficient (Wildman–Crippen LogP) is 1.64. The van der Waals surface area contributed by atoms with E-state index in [0.29, 0.717) is 23.1 Å². The van der Waals surface area contributed by atoms with Crippen molar-refractivity contribution in [2.45, 2.75) is 0 Å². The standard InChI is InChI=1S/C14H10N6O3/c1-23-13-6-5-12(16-17-13)20-11(9-4-2-3-7-15-9)8-10(18-20)14(21)19-22/h2-8H,1H3. The molecule has 0 spiro atoms. The fourth-order valence-electron chi connectivity index (χ4n) is 1.94. The van der Waals surface area contributed by atoms with Gasteiger partial charge in [-0.25, -0.2) is 4.68 Å². The average Bonchev–Trinajstić information content (AvgIpc) is 3.07. The van der Waals surface area contributed by atoms with Crippen LogP contribution in [0.3, 0.4) is 0 Å². The number of methoxy groups -OCH3 is 1. The van der Waals surface area contributed by atoms with Gasteiger partial charge in [0.1, 0.15) is 0 Å². The van der Waals surface area contributed by atoms with Crippen LogP contribution in [0, 0.1) is 4.91 Å². The van der Waals surface area contributed by atoms with E-state index in [1.54, 1.807) is 36.5 Å². The molecule has 0 unspecified atom stereocenters. The van der Waals surface area contributed by atoms with Gasteiger partial charge >= 0.3 is 5.91 Å². The Hall–Kier alpha value is -3.49. The van der Waals surface area contributed by atoms with Crippen molar-refractivity contribution in [1.82, 2.24) is 25.0 Å². The molecule has 0 saturated carbocycles. The Bertz CT molecular complexity index is 845. The van der Waals surface area contributed by atoms with Gasteiger partial charge in [-0.15, -0.1) is 15.1 Å². The smallest absolute Gasteiger partial charge is 0.336 e. The van der Waals surface area contributed by atoms with E-state index < -0.39 is 5.91 Å². The third-order valence-electron chi connectivity index (χ3n) is 2.99. The second-order valence-corrected chi connectivity index (χ2v) is 4.37. The Morgan fingerprint density at radius 3 is 2.70 bits per heavy atom. The topological polar surface area (TPSA) is 112 Å². The molecular weight excluding hydrogens is 300 g/mol. The van der Waals surface area contributed by atoms with E-state index in [-0.39, 0.29) is 5.69 Å². The summed E-state index contributed by atoms with van der Waals surface area (Å²) in [6.45, 7) is 0. The number of hydrogen-bond donors (Lipinski definition) is 0. The maximum absolute atomic E-state index is 11.5. The molecule has 0 N–H and O–H groups in total. The van der Waals surface area contributed by atoms with Gasteiger partial charge < -0.3 is 4.74 Å². The lowest BCUT2D eigenvalue weighted by atomic mass is 10.2. The third-order valence-corrected chi connectivity index (χ3v) is 2.99. The summed E-state index contributed by atoms with van der Waals surface area (Å²) in [7, 11) is 1.48. The van der Waals surface area contributed by atoms with Gasteiger partial charge in [-0.1, -0.05) is 6.07 Å². The van der Waals surface area contributed by atoms with Crippen molar-refractivity contribution in [3.8, 4) is 23.1 Å². The Labute approximate surface area is 129 Å². The van der Waals surface area contributed by atoms with Crippen molar-refractivity contribution in [2.75, 3.05) is 7.11 Å². The van der Waals surface area contributed by atoms with Crippen molar-refractivity contribution < 1.29 is 9.53 Å². The molecule has 9 heteroatoms. The molecule has 0 atom stereocenters. The van der Waals surface area contributed by atoms with Crippen molar-refractivity contribution in [2.24, 2.45) is 5.18 Å². The van der Waals surface area contributed by atoms with Crippen LogP contribution in [0.5, 0.6) is 5.88 Å². The first kappa shape index (κ1) is 14.4. The van der Waals surface area contributed by atoms with Crippen molar-refractivity contribution in [1.29, 1.82) is 0 Å². The fourth-order valence-corrected chi connectivity index (χ4v) is 1.94. The second-order valence-electron chi connectivity index (χ2n) is 4.37. The maximum Gasteiger partial charge on any atom is 0.336 e. The van der Waals surface area contributed by atoms with E-state index in [9.17, 15) is 9.70 Å². The van der Waals surface area contributed by atoms with Gasteiger partial charge in [0.15, 0.2) is 11.5 Å². The Morgan fingerprint density at radius 1 is 1.22 bits per heavy atom. The zero-order valence-corrected chi connectivity index (χ0v) is 11.9. The first-order chi connectivity index (χ1) is 11.2. The van der Waals surface area contributed by atoms with Crippen LogP contribution in [-0.4, -0.2) is 38.0 Å². The Morgan fingerprint density at radius 2 is 2.09 bits per heavy atom. The van der Waals surface area contributed by atoms with Crippen LogP contribution < -0.4 is 4.74 Å². The van der Waals surface area contributed by atoms with E-state index in [2.05, 4.69) is 25.5 Å². The molecule has 9 nitrogen and oxygen atoms in total. The quantitative estimate of drug-likeness (QED) is 0.673. The monoisotopic (exact) mass is 310 g/mol. The average molecular weight is 310 g/mol. The number of aromatic nitrogens is 5. The third kappa shape index (κ3) is 2.79. The maximum atomic E-state index is 11.5. The van der Waals surface area contributed by atoms with Gasteiger partial charge in [-0.3, -0.25) is 9.78 Å². The molecule has 23 heavy (non-hydrogen) atoms. The van der Waals surface area contributed by atoms with Crippen LogP contribution in [0.2, 0.25) is 0 Å². The number of nitrogens with zero attached hydrogens (tertiary/aromatic N) is 6. The molecule has 0 radical (unpaired) electrons. The summed E-state index contributed by atoms with van der Waals surface area (Å²) < 4.78 is 6.32. The summed E-state index contributed by atoms with van der Waals surface area (Å²) in [5.74, 6) is -0.287. The van der Waals surface area contributed by atoms with E-state index >= 15 is 0 Å². The second kappa shape index (κ2) is 6.10. The Kier molecular flexibility index (Phi) is 3.83. The minimum atomic E-state index is -0.970. The lowest BCUT2D eigenvalue weighted by molar-refractivity contribution is 0.0995. The van der Waals surface area contributed by atoms with Crippen molar-refractivity contribution in [3.05, 3.63) is 53.2 Å². The van der Waals surface area contributed by atoms with Crippen LogP contribution in [0.1, 0.15) is 10.5 Å². The van der Waals surface area contributed by atoms with E-state index in [0.717, 1.165) is 0 Å². The van der Waals surface area contributed by atoms with Gasteiger partial charge in [0, 0.05) is 17.4 Å². The van der Waals surface area contributed by atoms with Crippen molar-refractivity contribution >= 4 is 5.91 Å². The summed E-state index contributed by atoms with van der Waals surface area (Å²) in [6, 6.07) is 9.94. The summed E-state index contributed by atoms with van der Waals surface area (Å²) in [4.78, 5) is 26.2. The zero-order valence-electron chi connectivity index (χ0n) is 11.9. The summed E-state index contributed by atoms with van der Waals surface area (Å²) in [6.07, 6.45) is 1.60. The number of nitroso groups, excluding NO2 is 1. The van der Waals surface area contributed by atoms with Crippen molar-refractivity contribution in [3.63, 3.8) is 0 Å². The van der Waals surface area contributed by atoms with Gasteiger partial charge in [0.25, 0.3) is 0 Å². The number of rotatable bonds is 4. The minimum absolute atomic E-state index is 0.0988. The predicted molar refractivity (Wildman–Crippen MR) is 79.1 cm³/mol. The highest BCUT2D eigenvalue weighted by Gasteiger charge is 2.18. The highest BCUT2D eigenvalue weighted by atomic mass is 16.5. The highest BCUT2D eigenvalue weighted by Crippen LogP contribution is 2.22. The normalized spacial score (nSPS) is 10.3. The molecular formula is C14H10N6O3. The van der Waals surface area contributed by atoms with Gasteiger partial charge in [0.2, 0.25) is 5.88 Å². The molecule has 1 amide bonds. The summed E-state index contributed by atoms with van der Waals surface area (Å²) in [5.41, 5.74) is 0.943. The zero-order chi connectivity index (χ0) is 16.2. The summed E-state index contributed by atoms with van der Waals surface area (Å²) in [5, 5.41) is 14.3. The number of carbonyl (C=O) groups is 1. The number of hydrogen-bond acceptors (Lipinski definition) is 7. The van der Waals surface area contributed by atoms with E-state index in [4.69, 9.17) is 4.74 Å². The molecule has 0 aromatic carbocycles. The van der Waals surface area contributed by atoms with E-state index in [1.165, 1.54) is 17.9 Å². The molecule has 114 valence electrons. The number of amides is 1. The number of pyridine rings is 1. The molecule has 3 rings (SSSR count). The minimum Gasteiger partial charge on any atom is -0.480 e. The lowest BCUT2D eigenvalue weighted by Crippen LogP contribution is -2.05. The van der Waals surface area contributed by atoms with E-state index in [1.807, 2.05) is 0 Å². The van der Waals surface area contributed by atoms with Crippen LogP contribution in [0.25, 0.3) is 17.2 Å². The molecule has 0 aliphatic heterocycles.